The van der Waals surface area contributed by atoms with Crippen molar-refractivity contribution in [2.45, 2.75) is 11.8 Å². The minimum atomic E-state index is -3.78. The number of amides is 1. The number of nitrogens with zero attached hydrogens (tertiary/aromatic N) is 2. The SMILES string of the molecule is C=CCN(CC=C)S(=O)(=O)c1ccc(C(=O)Nc2nc(-c3ccccc3)c(C(=O)OCC)s2)cc1. The Labute approximate surface area is 208 Å². The lowest BCUT2D eigenvalue weighted by Gasteiger charge is -2.19. The lowest BCUT2D eigenvalue weighted by molar-refractivity contribution is 0.0532. The third-order valence-electron chi connectivity index (χ3n) is 4.78. The first-order valence-corrected chi connectivity index (χ1v) is 12.9. The monoisotopic (exact) mass is 511 g/mol. The molecule has 35 heavy (non-hydrogen) atoms. The lowest BCUT2D eigenvalue weighted by atomic mass is 10.1. The summed E-state index contributed by atoms with van der Waals surface area (Å²) in [5, 5.41) is 2.90. The molecule has 0 saturated carbocycles. The van der Waals surface area contributed by atoms with Gasteiger partial charge in [0, 0.05) is 24.2 Å². The molecule has 1 heterocycles. The Balaban J connectivity index is 1.84. The Kier molecular flexibility index (Phi) is 8.69. The van der Waals surface area contributed by atoms with Crippen molar-refractivity contribution in [1.82, 2.24) is 9.29 Å². The number of rotatable bonds is 11. The Hall–Kier alpha value is -3.60. The summed E-state index contributed by atoms with van der Waals surface area (Å²) < 4.78 is 32.1. The van der Waals surface area contributed by atoms with Gasteiger partial charge in [-0.2, -0.15) is 4.31 Å². The maximum Gasteiger partial charge on any atom is 0.350 e. The third-order valence-corrected chi connectivity index (χ3v) is 7.57. The highest BCUT2D eigenvalue weighted by Gasteiger charge is 2.24. The summed E-state index contributed by atoms with van der Waals surface area (Å²) in [5.41, 5.74) is 1.36. The second kappa shape index (κ2) is 11.7. The van der Waals surface area contributed by atoms with Gasteiger partial charge in [0.05, 0.1) is 17.2 Å². The van der Waals surface area contributed by atoms with E-state index in [1.54, 1.807) is 6.92 Å². The number of sulfonamides is 1. The largest absolute Gasteiger partial charge is 0.462 e. The van der Waals surface area contributed by atoms with Crippen LogP contribution in [0.5, 0.6) is 0 Å². The van der Waals surface area contributed by atoms with Gasteiger partial charge >= 0.3 is 5.97 Å². The van der Waals surface area contributed by atoms with Crippen LogP contribution in [0, 0.1) is 0 Å². The number of ether oxygens (including phenoxy) is 1. The fraction of sp³-hybridized carbons (Fsp3) is 0.160. The summed E-state index contributed by atoms with van der Waals surface area (Å²) in [6.07, 6.45) is 2.98. The number of nitrogens with one attached hydrogen (secondary N) is 1. The number of esters is 1. The molecular formula is C25H25N3O5S2. The van der Waals surface area contributed by atoms with Crippen molar-refractivity contribution >= 4 is 38.4 Å². The minimum Gasteiger partial charge on any atom is -0.462 e. The maximum atomic E-state index is 12.9. The smallest absolute Gasteiger partial charge is 0.350 e. The lowest BCUT2D eigenvalue weighted by Crippen LogP contribution is -2.31. The van der Waals surface area contributed by atoms with Crippen LogP contribution in [0.2, 0.25) is 0 Å². The normalized spacial score (nSPS) is 11.1. The average molecular weight is 512 g/mol. The van der Waals surface area contributed by atoms with Gasteiger partial charge < -0.3 is 4.74 Å². The predicted molar refractivity (Wildman–Crippen MR) is 137 cm³/mol. The molecule has 0 fully saturated rings. The van der Waals surface area contributed by atoms with E-state index in [0.29, 0.717) is 11.3 Å². The van der Waals surface area contributed by atoms with Crippen LogP contribution in [0.4, 0.5) is 5.13 Å². The van der Waals surface area contributed by atoms with Crippen molar-refractivity contribution in [3.05, 3.63) is 90.3 Å². The van der Waals surface area contributed by atoms with Crippen LogP contribution in [0.15, 0.2) is 84.8 Å². The van der Waals surface area contributed by atoms with Crippen LogP contribution >= 0.6 is 11.3 Å². The molecule has 0 atom stereocenters. The maximum absolute atomic E-state index is 12.9. The first-order valence-electron chi connectivity index (χ1n) is 10.7. The van der Waals surface area contributed by atoms with Crippen LogP contribution < -0.4 is 5.32 Å². The van der Waals surface area contributed by atoms with Crippen LogP contribution in [0.25, 0.3) is 11.3 Å². The average Bonchev–Trinajstić information content (AvgIpc) is 3.28. The van der Waals surface area contributed by atoms with Gasteiger partial charge in [-0.25, -0.2) is 18.2 Å². The highest BCUT2D eigenvalue weighted by atomic mass is 32.2. The molecule has 2 aromatic carbocycles. The van der Waals surface area contributed by atoms with E-state index in [1.165, 1.54) is 40.7 Å². The first-order chi connectivity index (χ1) is 16.8. The van der Waals surface area contributed by atoms with Crippen molar-refractivity contribution in [1.29, 1.82) is 0 Å². The van der Waals surface area contributed by atoms with E-state index in [2.05, 4.69) is 23.5 Å². The highest BCUT2D eigenvalue weighted by Crippen LogP contribution is 2.32. The number of hydrogen-bond donors (Lipinski definition) is 1. The van der Waals surface area contributed by atoms with E-state index in [-0.39, 0.29) is 40.2 Å². The van der Waals surface area contributed by atoms with E-state index in [1.807, 2.05) is 30.3 Å². The molecule has 0 saturated heterocycles. The molecular weight excluding hydrogens is 486 g/mol. The topological polar surface area (TPSA) is 106 Å². The molecule has 182 valence electrons. The van der Waals surface area contributed by atoms with Gasteiger partial charge in [0.15, 0.2) is 5.13 Å². The fourth-order valence-corrected chi connectivity index (χ4v) is 5.41. The van der Waals surface area contributed by atoms with Gasteiger partial charge in [-0.1, -0.05) is 53.8 Å². The second-order valence-electron chi connectivity index (χ2n) is 7.16. The van der Waals surface area contributed by atoms with Gasteiger partial charge in [0.25, 0.3) is 5.91 Å². The fourth-order valence-electron chi connectivity index (χ4n) is 3.16. The molecule has 1 amide bonds. The zero-order valence-electron chi connectivity index (χ0n) is 19.1. The second-order valence-corrected chi connectivity index (χ2v) is 10.1. The molecule has 0 bridgehead atoms. The highest BCUT2D eigenvalue weighted by molar-refractivity contribution is 7.89. The summed E-state index contributed by atoms with van der Waals surface area (Å²) >= 11 is 1.01. The number of hydrogen-bond acceptors (Lipinski definition) is 7. The van der Waals surface area contributed by atoms with Crippen molar-refractivity contribution in [2.24, 2.45) is 0 Å². The van der Waals surface area contributed by atoms with Crippen molar-refractivity contribution < 1.29 is 22.7 Å². The Morgan fingerprint density at radius 3 is 2.26 bits per heavy atom. The molecule has 1 N–H and O–H groups in total. The molecule has 0 aliphatic carbocycles. The van der Waals surface area contributed by atoms with Crippen molar-refractivity contribution in [2.75, 3.05) is 25.0 Å². The Morgan fingerprint density at radius 1 is 1.06 bits per heavy atom. The summed E-state index contributed by atoms with van der Waals surface area (Å²) in [6, 6.07) is 14.7. The summed E-state index contributed by atoms with van der Waals surface area (Å²) in [4.78, 5) is 30.0. The molecule has 3 rings (SSSR count). The molecule has 3 aromatic rings. The molecule has 0 aliphatic heterocycles. The quantitative estimate of drug-likeness (QED) is 0.298. The Bertz CT molecular complexity index is 1310. The summed E-state index contributed by atoms with van der Waals surface area (Å²) in [6.45, 7) is 9.36. The number of anilines is 1. The van der Waals surface area contributed by atoms with Crippen LogP contribution in [-0.4, -0.2) is 49.3 Å². The summed E-state index contributed by atoms with van der Waals surface area (Å²) in [7, 11) is -3.78. The van der Waals surface area contributed by atoms with Crippen LogP contribution in [0.1, 0.15) is 27.0 Å². The number of benzene rings is 2. The van der Waals surface area contributed by atoms with Gasteiger partial charge in [-0.3, -0.25) is 10.1 Å². The Morgan fingerprint density at radius 2 is 1.69 bits per heavy atom. The minimum absolute atomic E-state index is 0.0444. The molecule has 0 aliphatic rings. The van der Waals surface area contributed by atoms with E-state index in [0.717, 1.165) is 11.3 Å². The van der Waals surface area contributed by atoms with Gasteiger partial charge in [-0.05, 0) is 31.2 Å². The number of thiazole rings is 1. The molecule has 0 radical (unpaired) electrons. The van der Waals surface area contributed by atoms with Gasteiger partial charge in [0.1, 0.15) is 4.88 Å². The van der Waals surface area contributed by atoms with Crippen LogP contribution in [-0.2, 0) is 14.8 Å². The van der Waals surface area contributed by atoms with Gasteiger partial charge in [-0.15, -0.1) is 13.2 Å². The first kappa shape index (κ1) is 26.0. The van der Waals surface area contributed by atoms with E-state index in [4.69, 9.17) is 4.74 Å². The zero-order valence-corrected chi connectivity index (χ0v) is 20.8. The van der Waals surface area contributed by atoms with Crippen LogP contribution in [0.3, 0.4) is 0 Å². The predicted octanol–water partition coefficient (Wildman–Crippen LogP) is 4.60. The van der Waals surface area contributed by atoms with E-state index >= 15 is 0 Å². The molecule has 8 nitrogen and oxygen atoms in total. The third kappa shape index (κ3) is 6.10. The molecule has 1 aromatic heterocycles. The van der Waals surface area contributed by atoms with Crippen molar-refractivity contribution in [3.8, 4) is 11.3 Å². The van der Waals surface area contributed by atoms with E-state index in [9.17, 15) is 18.0 Å². The molecule has 0 unspecified atom stereocenters. The molecule has 10 heteroatoms. The number of aromatic nitrogens is 1. The summed E-state index contributed by atoms with van der Waals surface area (Å²) in [5.74, 6) is -1.02. The number of carbonyl (C=O) groups is 2. The number of carbonyl (C=O) groups excluding carboxylic acids is 2. The van der Waals surface area contributed by atoms with Gasteiger partial charge in [0.2, 0.25) is 10.0 Å². The zero-order chi connectivity index (χ0) is 25.4. The van der Waals surface area contributed by atoms with E-state index < -0.39 is 21.9 Å². The standard InChI is InChI=1S/C25H25N3O5S2/c1-4-16-28(17-5-2)35(31,32)20-14-12-19(13-15-20)23(29)27-25-26-21(18-10-8-7-9-11-18)22(34-25)24(30)33-6-3/h4-5,7-15H,1-2,6,16-17H2,3H3,(H,26,27,29). The molecule has 0 spiro atoms. The van der Waals surface area contributed by atoms with Crippen molar-refractivity contribution in [3.63, 3.8) is 0 Å².